The van der Waals surface area contributed by atoms with Gasteiger partial charge in [-0.1, -0.05) is 0 Å². The van der Waals surface area contributed by atoms with Gasteiger partial charge in [-0.2, -0.15) is 0 Å². The summed E-state index contributed by atoms with van der Waals surface area (Å²) in [4.78, 5) is 22.7. The SMILES string of the molecule is CCN(CC)C(=O)C(C)Nc1cc(N)nc(C2CC2)n1. The topological polar surface area (TPSA) is 84.1 Å². The van der Waals surface area contributed by atoms with Crippen LogP contribution in [0.5, 0.6) is 0 Å². The molecule has 1 aromatic heterocycles. The molecule has 110 valence electrons. The summed E-state index contributed by atoms with van der Waals surface area (Å²) in [5.41, 5.74) is 5.80. The van der Waals surface area contributed by atoms with Crippen LogP contribution in [-0.4, -0.2) is 39.9 Å². The molecule has 2 rings (SSSR count). The largest absolute Gasteiger partial charge is 0.384 e. The molecule has 0 radical (unpaired) electrons. The van der Waals surface area contributed by atoms with Gasteiger partial charge < -0.3 is 16.0 Å². The molecular formula is C14H23N5O. The molecule has 1 aliphatic rings. The molecule has 1 unspecified atom stereocenters. The first-order valence-corrected chi connectivity index (χ1v) is 7.24. The van der Waals surface area contributed by atoms with Crippen molar-refractivity contribution in [1.29, 1.82) is 0 Å². The van der Waals surface area contributed by atoms with E-state index in [9.17, 15) is 4.79 Å². The molecule has 0 aromatic carbocycles. The standard InChI is InChI=1S/C14H23N5O/c1-4-19(5-2)14(20)9(3)16-12-8-11(15)17-13(18-12)10-6-7-10/h8-10H,4-7H2,1-3H3,(H3,15,16,17,18). The number of anilines is 2. The number of aromatic nitrogens is 2. The van der Waals surface area contributed by atoms with Crippen LogP contribution in [0.1, 0.15) is 45.4 Å². The maximum Gasteiger partial charge on any atom is 0.244 e. The predicted octanol–water partition coefficient (Wildman–Crippen LogP) is 1.60. The maximum atomic E-state index is 12.2. The van der Waals surface area contributed by atoms with E-state index >= 15 is 0 Å². The molecule has 3 N–H and O–H groups in total. The van der Waals surface area contributed by atoms with Crippen molar-refractivity contribution in [2.24, 2.45) is 0 Å². The molecule has 6 heteroatoms. The molecule has 0 saturated heterocycles. The van der Waals surface area contributed by atoms with Gasteiger partial charge in [0.15, 0.2) is 0 Å². The molecule has 1 heterocycles. The lowest BCUT2D eigenvalue weighted by atomic mass is 10.2. The lowest BCUT2D eigenvalue weighted by Crippen LogP contribution is -2.41. The van der Waals surface area contributed by atoms with Gasteiger partial charge in [-0.05, 0) is 33.6 Å². The number of nitrogen functional groups attached to an aromatic ring is 1. The summed E-state index contributed by atoms with van der Waals surface area (Å²) in [6.07, 6.45) is 2.24. The number of hydrogen-bond acceptors (Lipinski definition) is 5. The number of amides is 1. The van der Waals surface area contributed by atoms with Gasteiger partial charge in [0.25, 0.3) is 0 Å². The highest BCUT2D eigenvalue weighted by molar-refractivity contribution is 5.84. The first-order valence-electron chi connectivity index (χ1n) is 7.24. The molecule has 1 atom stereocenters. The van der Waals surface area contributed by atoms with Gasteiger partial charge in [0, 0.05) is 25.1 Å². The Hall–Kier alpha value is -1.85. The summed E-state index contributed by atoms with van der Waals surface area (Å²) < 4.78 is 0. The van der Waals surface area contributed by atoms with Crippen molar-refractivity contribution in [3.8, 4) is 0 Å². The fraction of sp³-hybridized carbons (Fsp3) is 0.643. The number of carbonyl (C=O) groups excluding carboxylic acids is 1. The van der Waals surface area contributed by atoms with Crippen LogP contribution in [0.2, 0.25) is 0 Å². The molecule has 1 fully saturated rings. The Kier molecular flexibility index (Phi) is 4.42. The fourth-order valence-electron chi connectivity index (χ4n) is 2.18. The Balaban J connectivity index is 2.07. The highest BCUT2D eigenvalue weighted by atomic mass is 16.2. The predicted molar refractivity (Wildman–Crippen MR) is 79.4 cm³/mol. The number of nitrogens with one attached hydrogen (secondary N) is 1. The van der Waals surface area contributed by atoms with Gasteiger partial charge in [-0.3, -0.25) is 4.79 Å². The first-order chi connectivity index (χ1) is 9.55. The van der Waals surface area contributed by atoms with E-state index in [0.717, 1.165) is 18.7 Å². The van der Waals surface area contributed by atoms with Crippen molar-refractivity contribution < 1.29 is 4.79 Å². The summed E-state index contributed by atoms with van der Waals surface area (Å²) in [5, 5.41) is 3.13. The number of carbonyl (C=O) groups is 1. The van der Waals surface area contributed by atoms with Crippen molar-refractivity contribution in [3.05, 3.63) is 11.9 Å². The summed E-state index contributed by atoms with van der Waals surface area (Å²) in [6, 6.07) is 1.36. The van der Waals surface area contributed by atoms with Crippen molar-refractivity contribution in [3.63, 3.8) is 0 Å². The highest BCUT2D eigenvalue weighted by Crippen LogP contribution is 2.38. The minimum atomic E-state index is -0.323. The molecule has 0 bridgehead atoms. The highest BCUT2D eigenvalue weighted by Gasteiger charge is 2.27. The molecule has 1 aliphatic carbocycles. The van der Waals surface area contributed by atoms with Crippen molar-refractivity contribution in [2.45, 2.75) is 45.6 Å². The Bertz CT molecular complexity index is 482. The van der Waals surface area contributed by atoms with Gasteiger partial charge in [0.05, 0.1) is 0 Å². The quantitative estimate of drug-likeness (QED) is 0.825. The smallest absolute Gasteiger partial charge is 0.244 e. The van der Waals surface area contributed by atoms with Crippen LogP contribution in [-0.2, 0) is 4.79 Å². The summed E-state index contributed by atoms with van der Waals surface area (Å²) >= 11 is 0. The van der Waals surface area contributed by atoms with Gasteiger partial charge in [-0.15, -0.1) is 0 Å². The van der Waals surface area contributed by atoms with Crippen molar-refractivity contribution >= 4 is 17.5 Å². The Labute approximate surface area is 119 Å². The second kappa shape index (κ2) is 6.07. The van der Waals surface area contributed by atoms with E-state index in [1.807, 2.05) is 20.8 Å². The van der Waals surface area contributed by atoms with Gasteiger partial charge in [0.2, 0.25) is 5.91 Å². The third-order valence-corrected chi connectivity index (χ3v) is 3.52. The first kappa shape index (κ1) is 14.6. The maximum absolute atomic E-state index is 12.2. The molecule has 0 aliphatic heterocycles. The second-order valence-corrected chi connectivity index (χ2v) is 5.19. The van der Waals surface area contributed by atoms with Gasteiger partial charge in [0.1, 0.15) is 23.5 Å². The van der Waals surface area contributed by atoms with Crippen LogP contribution in [0.15, 0.2) is 6.07 Å². The number of nitrogens with two attached hydrogens (primary N) is 1. The third-order valence-electron chi connectivity index (χ3n) is 3.52. The van der Waals surface area contributed by atoms with E-state index in [4.69, 9.17) is 5.73 Å². The fourth-order valence-corrected chi connectivity index (χ4v) is 2.18. The Morgan fingerprint density at radius 1 is 1.45 bits per heavy atom. The van der Waals surface area contributed by atoms with Crippen LogP contribution in [0.25, 0.3) is 0 Å². The molecule has 1 aromatic rings. The molecule has 1 saturated carbocycles. The second-order valence-electron chi connectivity index (χ2n) is 5.19. The normalized spacial score (nSPS) is 15.8. The van der Waals surface area contributed by atoms with E-state index in [2.05, 4.69) is 15.3 Å². The number of nitrogens with zero attached hydrogens (tertiary/aromatic N) is 3. The van der Waals surface area contributed by atoms with E-state index in [-0.39, 0.29) is 11.9 Å². The minimum Gasteiger partial charge on any atom is -0.384 e. The van der Waals surface area contributed by atoms with Gasteiger partial charge in [-0.25, -0.2) is 9.97 Å². The molecular weight excluding hydrogens is 254 g/mol. The average molecular weight is 277 g/mol. The van der Waals surface area contributed by atoms with Crippen LogP contribution in [0.3, 0.4) is 0 Å². The number of hydrogen-bond donors (Lipinski definition) is 2. The van der Waals surface area contributed by atoms with E-state index < -0.39 is 0 Å². The molecule has 1 amide bonds. The lowest BCUT2D eigenvalue weighted by Gasteiger charge is -2.23. The Morgan fingerprint density at radius 3 is 2.65 bits per heavy atom. The van der Waals surface area contributed by atoms with E-state index in [1.54, 1.807) is 11.0 Å². The summed E-state index contributed by atoms with van der Waals surface area (Å²) in [5.74, 6) is 2.38. The number of rotatable bonds is 6. The van der Waals surface area contributed by atoms with E-state index in [0.29, 0.717) is 30.6 Å². The number of likely N-dealkylation sites (N-methyl/N-ethyl adjacent to an activating group) is 1. The zero-order valence-electron chi connectivity index (χ0n) is 12.4. The monoisotopic (exact) mass is 277 g/mol. The van der Waals surface area contributed by atoms with E-state index in [1.165, 1.54) is 0 Å². The summed E-state index contributed by atoms with van der Waals surface area (Å²) in [7, 11) is 0. The van der Waals surface area contributed by atoms with Gasteiger partial charge >= 0.3 is 0 Å². The Morgan fingerprint density at radius 2 is 2.10 bits per heavy atom. The zero-order chi connectivity index (χ0) is 14.7. The van der Waals surface area contributed by atoms with Crippen LogP contribution in [0, 0.1) is 0 Å². The van der Waals surface area contributed by atoms with Crippen molar-refractivity contribution in [1.82, 2.24) is 14.9 Å². The molecule has 20 heavy (non-hydrogen) atoms. The van der Waals surface area contributed by atoms with Crippen LogP contribution >= 0.6 is 0 Å². The van der Waals surface area contributed by atoms with Crippen LogP contribution < -0.4 is 11.1 Å². The third kappa shape index (κ3) is 3.37. The zero-order valence-corrected chi connectivity index (χ0v) is 12.4. The van der Waals surface area contributed by atoms with Crippen LogP contribution in [0.4, 0.5) is 11.6 Å². The molecule has 6 nitrogen and oxygen atoms in total. The average Bonchev–Trinajstić information content (AvgIpc) is 3.23. The van der Waals surface area contributed by atoms with Crippen molar-refractivity contribution in [2.75, 3.05) is 24.1 Å². The minimum absolute atomic E-state index is 0.0696. The lowest BCUT2D eigenvalue weighted by molar-refractivity contribution is -0.131. The summed E-state index contributed by atoms with van der Waals surface area (Å²) in [6.45, 7) is 7.21. The molecule has 0 spiro atoms.